The highest BCUT2D eigenvalue weighted by atomic mass is 19.1. The van der Waals surface area contributed by atoms with E-state index in [1.165, 1.54) is 12.3 Å². The van der Waals surface area contributed by atoms with Crippen molar-refractivity contribution in [2.24, 2.45) is 11.0 Å². The maximum Gasteiger partial charge on any atom is 0.329 e. The van der Waals surface area contributed by atoms with Gasteiger partial charge >= 0.3 is 11.8 Å². The molecule has 0 aliphatic carbocycles. The van der Waals surface area contributed by atoms with E-state index in [-0.39, 0.29) is 18.3 Å². The topological polar surface area (TPSA) is 79.8 Å². The molecule has 0 spiro atoms. The molecule has 0 bridgehead atoms. The van der Waals surface area contributed by atoms with Gasteiger partial charge in [0, 0.05) is 17.7 Å². The SMILES string of the molecule is CC(C)CNC(=O)C(=O)N/N=C\c1c(OCc2ccccc2F)ccc2ccccc12. The third-order valence-electron chi connectivity index (χ3n) is 4.51. The Morgan fingerprint density at radius 3 is 2.55 bits per heavy atom. The molecule has 6 nitrogen and oxygen atoms in total. The van der Waals surface area contributed by atoms with Crippen molar-refractivity contribution >= 4 is 28.8 Å². The Balaban J connectivity index is 1.79. The molecule has 3 rings (SSSR count). The molecule has 0 saturated heterocycles. The minimum Gasteiger partial charge on any atom is -0.488 e. The average Bonchev–Trinajstić information content (AvgIpc) is 2.77. The van der Waals surface area contributed by atoms with Gasteiger partial charge in [-0.3, -0.25) is 9.59 Å². The summed E-state index contributed by atoms with van der Waals surface area (Å²) in [5.41, 5.74) is 3.27. The number of amides is 2. The van der Waals surface area contributed by atoms with E-state index in [4.69, 9.17) is 4.74 Å². The van der Waals surface area contributed by atoms with E-state index in [0.717, 1.165) is 10.8 Å². The number of hydrazone groups is 1. The van der Waals surface area contributed by atoms with Gasteiger partial charge in [-0.2, -0.15) is 5.10 Å². The number of hydrogen-bond donors (Lipinski definition) is 2. The highest BCUT2D eigenvalue weighted by molar-refractivity contribution is 6.35. The first-order chi connectivity index (χ1) is 15.0. The van der Waals surface area contributed by atoms with E-state index in [1.807, 2.05) is 44.2 Å². The van der Waals surface area contributed by atoms with Crippen molar-refractivity contribution < 1.29 is 18.7 Å². The lowest BCUT2D eigenvalue weighted by Gasteiger charge is -2.12. The number of ether oxygens (including phenoxy) is 1. The number of benzene rings is 3. The van der Waals surface area contributed by atoms with E-state index < -0.39 is 11.8 Å². The summed E-state index contributed by atoms with van der Waals surface area (Å²) in [6.45, 7) is 4.29. The van der Waals surface area contributed by atoms with Crippen LogP contribution in [0.5, 0.6) is 5.75 Å². The van der Waals surface area contributed by atoms with Crippen molar-refractivity contribution in [1.29, 1.82) is 0 Å². The molecule has 31 heavy (non-hydrogen) atoms. The van der Waals surface area contributed by atoms with E-state index in [2.05, 4.69) is 15.8 Å². The molecule has 0 radical (unpaired) electrons. The Labute approximate surface area is 180 Å². The van der Waals surface area contributed by atoms with E-state index >= 15 is 0 Å². The molecule has 0 aromatic heterocycles. The third-order valence-corrected chi connectivity index (χ3v) is 4.51. The van der Waals surface area contributed by atoms with Gasteiger partial charge in [-0.05, 0) is 28.8 Å². The van der Waals surface area contributed by atoms with Crippen molar-refractivity contribution in [3.05, 3.63) is 77.6 Å². The zero-order chi connectivity index (χ0) is 22.2. The smallest absolute Gasteiger partial charge is 0.329 e. The fraction of sp³-hybridized carbons (Fsp3) is 0.208. The Kier molecular flexibility index (Phi) is 7.32. The van der Waals surface area contributed by atoms with Crippen molar-refractivity contribution in [3.63, 3.8) is 0 Å². The fourth-order valence-electron chi connectivity index (χ4n) is 2.89. The van der Waals surface area contributed by atoms with Gasteiger partial charge in [-0.25, -0.2) is 9.82 Å². The molecule has 0 fully saturated rings. The predicted molar refractivity (Wildman–Crippen MR) is 118 cm³/mol. The highest BCUT2D eigenvalue weighted by Crippen LogP contribution is 2.27. The summed E-state index contributed by atoms with van der Waals surface area (Å²) in [6.07, 6.45) is 1.42. The minimum atomic E-state index is -0.856. The number of nitrogens with one attached hydrogen (secondary N) is 2. The second kappa shape index (κ2) is 10.3. The second-order valence-electron chi connectivity index (χ2n) is 7.38. The normalized spacial score (nSPS) is 11.1. The number of rotatable bonds is 7. The first-order valence-corrected chi connectivity index (χ1v) is 9.95. The van der Waals surface area contributed by atoms with Gasteiger partial charge in [0.2, 0.25) is 0 Å². The lowest BCUT2D eigenvalue weighted by atomic mass is 10.0. The molecule has 2 amide bonds. The standard InChI is InChI=1S/C24H24FN3O3/c1-16(2)13-26-23(29)24(30)28-27-14-20-19-9-5-3-7-17(19)11-12-22(20)31-15-18-8-4-6-10-21(18)25/h3-12,14,16H,13,15H2,1-2H3,(H,26,29)(H,28,30)/b27-14-. The highest BCUT2D eigenvalue weighted by Gasteiger charge is 2.13. The molecule has 0 atom stereocenters. The summed E-state index contributed by atoms with van der Waals surface area (Å²) in [5.74, 6) is -1.25. The van der Waals surface area contributed by atoms with Gasteiger partial charge < -0.3 is 10.1 Å². The van der Waals surface area contributed by atoms with Gasteiger partial charge in [0.25, 0.3) is 0 Å². The molecule has 0 saturated carbocycles. The zero-order valence-corrected chi connectivity index (χ0v) is 17.4. The Bertz CT molecular complexity index is 1110. The van der Waals surface area contributed by atoms with Gasteiger partial charge in [0.15, 0.2) is 0 Å². The van der Waals surface area contributed by atoms with E-state index in [9.17, 15) is 14.0 Å². The summed E-state index contributed by atoms with van der Waals surface area (Å²) in [5, 5.41) is 8.25. The van der Waals surface area contributed by atoms with Crippen LogP contribution in [0.25, 0.3) is 10.8 Å². The van der Waals surface area contributed by atoms with Crippen LogP contribution in [0.4, 0.5) is 4.39 Å². The van der Waals surface area contributed by atoms with Crippen LogP contribution < -0.4 is 15.5 Å². The van der Waals surface area contributed by atoms with E-state index in [1.54, 1.807) is 24.3 Å². The largest absolute Gasteiger partial charge is 0.488 e. The maximum absolute atomic E-state index is 13.9. The summed E-state index contributed by atoms with van der Waals surface area (Å²) >= 11 is 0. The molecule has 0 aliphatic heterocycles. The quantitative estimate of drug-likeness (QED) is 0.346. The van der Waals surface area contributed by atoms with Crippen molar-refractivity contribution in [1.82, 2.24) is 10.7 Å². The summed E-state index contributed by atoms with van der Waals surface area (Å²) in [4.78, 5) is 23.7. The van der Waals surface area contributed by atoms with E-state index in [0.29, 0.717) is 23.4 Å². The van der Waals surface area contributed by atoms with Crippen LogP contribution in [-0.4, -0.2) is 24.6 Å². The molecular formula is C24H24FN3O3. The van der Waals surface area contributed by atoms with Crippen LogP contribution in [0, 0.1) is 11.7 Å². The molecule has 2 N–H and O–H groups in total. The third kappa shape index (κ3) is 5.88. The van der Waals surface area contributed by atoms with Crippen LogP contribution >= 0.6 is 0 Å². The lowest BCUT2D eigenvalue weighted by molar-refractivity contribution is -0.139. The summed E-state index contributed by atoms with van der Waals surface area (Å²) in [6, 6.07) is 17.7. The molecule has 0 unspecified atom stereocenters. The number of carbonyl (C=O) groups excluding carboxylic acids is 2. The first kappa shape index (κ1) is 22.0. The fourth-order valence-corrected chi connectivity index (χ4v) is 2.89. The van der Waals surface area contributed by atoms with Crippen LogP contribution in [-0.2, 0) is 16.2 Å². The maximum atomic E-state index is 13.9. The van der Waals surface area contributed by atoms with Crippen molar-refractivity contribution in [2.45, 2.75) is 20.5 Å². The van der Waals surface area contributed by atoms with Crippen molar-refractivity contribution in [2.75, 3.05) is 6.54 Å². The van der Waals surface area contributed by atoms with Gasteiger partial charge in [0.1, 0.15) is 18.2 Å². The predicted octanol–water partition coefficient (Wildman–Crippen LogP) is 3.78. The average molecular weight is 421 g/mol. The molecule has 160 valence electrons. The van der Waals surface area contributed by atoms with Gasteiger partial charge in [0.05, 0.1) is 6.21 Å². The second-order valence-corrected chi connectivity index (χ2v) is 7.38. The molecule has 3 aromatic rings. The zero-order valence-electron chi connectivity index (χ0n) is 17.4. The minimum absolute atomic E-state index is 0.0375. The van der Waals surface area contributed by atoms with Crippen LogP contribution in [0.15, 0.2) is 65.8 Å². The monoisotopic (exact) mass is 421 g/mol. The number of hydrogen-bond acceptors (Lipinski definition) is 4. The Morgan fingerprint density at radius 1 is 1.03 bits per heavy atom. The molecule has 0 heterocycles. The van der Waals surface area contributed by atoms with Crippen LogP contribution in [0.2, 0.25) is 0 Å². The number of carbonyl (C=O) groups is 2. The molecule has 7 heteroatoms. The summed E-state index contributed by atoms with van der Waals surface area (Å²) < 4.78 is 19.8. The number of halogens is 1. The summed E-state index contributed by atoms with van der Waals surface area (Å²) in [7, 11) is 0. The molecule has 0 aliphatic rings. The molecule has 3 aromatic carbocycles. The van der Waals surface area contributed by atoms with Crippen LogP contribution in [0.3, 0.4) is 0 Å². The number of nitrogens with zero attached hydrogens (tertiary/aromatic N) is 1. The van der Waals surface area contributed by atoms with Crippen molar-refractivity contribution in [3.8, 4) is 5.75 Å². The molecular weight excluding hydrogens is 397 g/mol. The van der Waals surface area contributed by atoms with Gasteiger partial charge in [-0.15, -0.1) is 0 Å². The Morgan fingerprint density at radius 2 is 1.77 bits per heavy atom. The Hall–Kier alpha value is -3.74. The van der Waals surface area contributed by atoms with Gasteiger partial charge in [-0.1, -0.05) is 62.4 Å². The first-order valence-electron chi connectivity index (χ1n) is 9.95. The van der Waals surface area contributed by atoms with Crippen LogP contribution in [0.1, 0.15) is 25.0 Å². The lowest BCUT2D eigenvalue weighted by Crippen LogP contribution is -2.39. The number of fused-ring (bicyclic) bond motifs is 1.